The van der Waals surface area contributed by atoms with E-state index in [1.54, 1.807) is 36.4 Å². The highest BCUT2D eigenvalue weighted by atomic mass is 35.5. The van der Waals surface area contributed by atoms with E-state index < -0.39 is 31.7 Å². The molecular formula is C26H26ClF3N2O4S. The van der Waals surface area contributed by atoms with Crippen molar-refractivity contribution in [2.45, 2.75) is 30.5 Å². The van der Waals surface area contributed by atoms with Crippen molar-refractivity contribution in [1.82, 2.24) is 4.90 Å². The van der Waals surface area contributed by atoms with Gasteiger partial charge in [-0.3, -0.25) is 9.21 Å². The Hall–Kier alpha value is -2.95. The highest BCUT2D eigenvalue weighted by molar-refractivity contribution is 7.93. The molecule has 3 aromatic rings. The second-order valence-corrected chi connectivity index (χ2v) is 11.0. The lowest BCUT2D eigenvalue weighted by Crippen LogP contribution is -2.31. The summed E-state index contributed by atoms with van der Waals surface area (Å²) in [4.78, 5) is 1.86. The summed E-state index contributed by atoms with van der Waals surface area (Å²) in [5.41, 5.74) is -0.219. The van der Waals surface area contributed by atoms with Crippen LogP contribution in [-0.2, 0) is 22.7 Å². The summed E-state index contributed by atoms with van der Waals surface area (Å²) in [7, 11) is -4.37. The fourth-order valence-corrected chi connectivity index (χ4v) is 6.07. The first kappa shape index (κ1) is 27.1. The van der Waals surface area contributed by atoms with Crippen molar-refractivity contribution < 1.29 is 31.4 Å². The molecule has 1 N–H and O–H groups in total. The number of halogens is 4. The van der Waals surface area contributed by atoms with Crippen molar-refractivity contribution in [3.05, 3.63) is 82.9 Å². The Kier molecular flexibility index (Phi) is 8.20. The molecule has 0 amide bonds. The predicted molar refractivity (Wildman–Crippen MR) is 136 cm³/mol. The van der Waals surface area contributed by atoms with E-state index in [9.17, 15) is 26.7 Å². The van der Waals surface area contributed by atoms with Crippen LogP contribution in [0, 0.1) is 0 Å². The second-order valence-electron chi connectivity index (χ2n) is 8.71. The van der Waals surface area contributed by atoms with Gasteiger partial charge in [-0.05, 0) is 86.1 Å². The molecule has 0 spiro atoms. The van der Waals surface area contributed by atoms with Crippen molar-refractivity contribution in [3.63, 3.8) is 0 Å². The highest BCUT2D eigenvalue weighted by Gasteiger charge is 2.34. The Morgan fingerprint density at radius 2 is 1.62 bits per heavy atom. The van der Waals surface area contributed by atoms with Gasteiger partial charge in [0.1, 0.15) is 23.0 Å². The maximum Gasteiger partial charge on any atom is 0.416 e. The normalized spacial score (nSPS) is 14.6. The minimum absolute atomic E-state index is 0.0133. The largest absolute Gasteiger partial charge is 0.508 e. The topological polar surface area (TPSA) is 70.1 Å². The minimum atomic E-state index is -4.66. The average Bonchev–Trinajstić information content (AvgIpc) is 3.37. The van der Waals surface area contributed by atoms with Gasteiger partial charge in [0, 0.05) is 6.54 Å². The molecule has 4 rings (SSSR count). The summed E-state index contributed by atoms with van der Waals surface area (Å²) < 4.78 is 73.5. The molecule has 0 atom stereocenters. The number of phenols is 1. The van der Waals surface area contributed by atoms with Crippen LogP contribution < -0.4 is 9.04 Å². The van der Waals surface area contributed by atoms with E-state index in [4.69, 9.17) is 16.3 Å². The van der Waals surface area contributed by atoms with Gasteiger partial charge in [0.2, 0.25) is 0 Å². The number of likely N-dealkylation sites (tertiary alicyclic amines) is 1. The van der Waals surface area contributed by atoms with E-state index in [-0.39, 0.29) is 18.0 Å². The predicted octanol–water partition coefficient (Wildman–Crippen LogP) is 5.93. The molecule has 1 aliphatic heterocycles. The molecule has 0 aromatic heterocycles. The summed E-state index contributed by atoms with van der Waals surface area (Å²) in [6.45, 7) is 3.26. The number of phenolic OH excluding ortho intramolecular Hbond substituents is 1. The number of nitrogens with zero attached hydrogens (tertiary/aromatic N) is 2. The molecule has 198 valence electrons. The van der Waals surface area contributed by atoms with Crippen LogP contribution in [0.2, 0.25) is 5.02 Å². The third-order valence-electron chi connectivity index (χ3n) is 6.09. The molecule has 0 unspecified atom stereocenters. The number of rotatable bonds is 9. The second kappa shape index (κ2) is 11.2. The fourth-order valence-electron chi connectivity index (χ4n) is 4.09. The molecule has 11 heteroatoms. The monoisotopic (exact) mass is 554 g/mol. The molecule has 1 fully saturated rings. The van der Waals surface area contributed by atoms with Gasteiger partial charge in [0.15, 0.2) is 0 Å². The summed E-state index contributed by atoms with van der Waals surface area (Å²) in [6, 6.07) is 14.5. The van der Waals surface area contributed by atoms with Crippen molar-refractivity contribution in [2.75, 3.05) is 30.5 Å². The number of hydrogen-bond acceptors (Lipinski definition) is 5. The van der Waals surface area contributed by atoms with Crippen molar-refractivity contribution in [2.24, 2.45) is 0 Å². The molecule has 0 bridgehead atoms. The molecule has 0 radical (unpaired) electrons. The van der Waals surface area contributed by atoms with E-state index in [0.29, 0.717) is 30.1 Å². The first-order chi connectivity index (χ1) is 17.5. The summed E-state index contributed by atoms with van der Waals surface area (Å²) >= 11 is 6.05. The molecule has 0 saturated carbocycles. The maximum atomic E-state index is 13.7. The van der Waals surface area contributed by atoms with E-state index in [2.05, 4.69) is 4.90 Å². The van der Waals surface area contributed by atoms with Gasteiger partial charge in [0.05, 0.1) is 22.8 Å². The Bertz CT molecular complexity index is 1310. The van der Waals surface area contributed by atoms with Gasteiger partial charge < -0.3 is 9.84 Å². The number of ether oxygens (including phenoxy) is 1. The Labute approximate surface area is 218 Å². The zero-order chi connectivity index (χ0) is 26.6. The lowest BCUT2D eigenvalue weighted by Gasteiger charge is -2.26. The Balaban J connectivity index is 1.61. The molecule has 1 aliphatic rings. The quantitative estimate of drug-likeness (QED) is 0.355. The lowest BCUT2D eigenvalue weighted by molar-refractivity contribution is -0.137. The van der Waals surface area contributed by atoms with Crippen molar-refractivity contribution >= 4 is 27.3 Å². The first-order valence-corrected chi connectivity index (χ1v) is 13.5. The van der Waals surface area contributed by atoms with Crippen LogP contribution in [0.15, 0.2) is 71.6 Å². The van der Waals surface area contributed by atoms with Crippen molar-refractivity contribution in [3.8, 4) is 11.5 Å². The summed E-state index contributed by atoms with van der Waals surface area (Å²) in [6.07, 6.45) is -2.30. The standard InChI is InChI=1S/C26H26ClF3N2O4S/c27-24-17-20(26(28,29)30)5-12-25(24)37(34,35)32(18-19-3-8-22(33)9-4-19)21-6-10-23(11-7-21)36-16-15-31-13-1-2-14-31/h3-12,17,33H,1-2,13-16,18H2. The fraction of sp³-hybridized carbons (Fsp3) is 0.308. The van der Waals surface area contributed by atoms with Gasteiger partial charge in [-0.1, -0.05) is 23.7 Å². The Morgan fingerprint density at radius 3 is 2.22 bits per heavy atom. The molecule has 37 heavy (non-hydrogen) atoms. The SMILES string of the molecule is O=S(=O)(c1ccc(C(F)(F)F)cc1Cl)N(Cc1ccc(O)cc1)c1ccc(OCCN2CCCC2)cc1. The number of aromatic hydroxyl groups is 1. The van der Waals surface area contributed by atoms with E-state index in [0.717, 1.165) is 30.0 Å². The van der Waals surface area contributed by atoms with Crippen LogP contribution in [-0.4, -0.2) is 44.7 Å². The minimum Gasteiger partial charge on any atom is -0.508 e. The van der Waals surface area contributed by atoms with Gasteiger partial charge in [0.25, 0.3) is 10.0 Å². The number of hydrogen-bond donors (Lipinski definition) is 1. The Morgan fingerprint density at radius 1 is 0.973 bits per heavy atom. The third kappa shape index (κ3) is 6.68. The zero-order valence-electron chi connectivity index (χ0n) is 19.8. The molecule has 6 nitrogen and oxygen atoms in total. The van der Waals surface area contributed by atoms with Crippen LogP contribution in [0.1, 0.15) is 24.0 Å². The highest BCUT2D eigenvalue weighted by Crippen LogP contribution is 2.36. The van der Waals surface area contributed by atoms with Gasteiger partial charge >= 0.3 is 6.18 Å². The number of anilines is 1. The molecular weight excluding hydrogens is 529 g/mol. The smallest absolute Gasteiger partial charge is 0.416 e. The van der Waals surface area contributed by atoms with E-state index in [1.165, 1.54) is 25.0 Å². The molecule has 1 heterocycles. The van der Waals surface area contributed by atoms with Gasteiger partial charge in [-0.2, -0.15) is 13.2 Å². The van der Waals surface area contributed by atoms with E-state index >= 15 is 0 Å². The summed E-state index contributed by atoms with van der Waals surface area (Å²) in [5.74, 6) is 0.580. The average molecular weight is 555 g/mol. The number of benzene rings is 3. The first-order valence-electron chi connectivity index (χ1n) is 11.7. The van der Waals surface area contributed by atoms with Crippen LogP contribution in [0.3, 0.4) is 0 Å². The van der Waals surface area contributed by atoms with Gasteiger partial charge in [-0.15, -0.1) is 0 Å². The van der Waals surface area contributed by atoms with Crippen LogP contribution in [0.25, 0.3) is 0 Å². The van der Waals surface area contributed by atoms with E-state index in [1.807, 2.05) is 0 Å². The molecule has 1 saturated heterocycles. The third-order valence-corrected chi connectivity index (χ3v) is 8.35. The zero-order valence-corrected chi connectivity index (χ0v) is 21.4. The van der Waals surface area contributed by atoms with Gasteiger partial charge in [-0.25, -0.2) is 8.42 Å². The van der Waals surface area contributed by atoms with Crippen LogP contribution in [0.4, 0.5) is 18.9 Å². The van der Waals surface area contributed by atoms with Crippen LogP contribution >= 0.6 is 11.6 Å². The molecule has 0 aliphatic carbocycles. The number of alkyl halides is 3. The number of sulfonamides is 1. The lowest BCUT2D eigenvalue weighted by atomic mass is 10.2. The maximum absolute atomic E-state index is 13.7. The summed E-state index contributed by atoms with van der Waals surface area (Å²) in [5, 5.41) is 9.05. The van der Waals surface area contributed by atoms with Crippen molar-refractivity contribution in [1.29, 1.82) is 0 Å². The van der Waals surface area contributed by atoms with Crippen LogP contribution in [0.5, 0.6) is 11.5 Å². The molecule has 3 aromatic carbocycles.